The standard InChI is InChI=1S/C14H18N2O/c17-14-12-5-4-6-13(11(12)7-8-15-14)16-9-2-1-3-10-16/h4-6H,1-3,7-10H2,(H,15,17)/p-1. The van der Waals surface area contributed by atoms with Crippen molar-refractivity contribution >= 4 is 11.6 Å². The van der Waals surface area contributed by atoms with Gasteiger partial charge in [-0.3, -0.25) is 0 Å². The van der Waals surface area contributed by atoms with Gasteiger partial charge < -0.3 is 15.0 Å². The zero-order valence-corrected chi connectivity index (χ0v) is 9.98. The predicted molar refractivity (Wildman–Crippen MR) is 67.6 cm³/mol. The van der Waals surface area contributed by atoms with E-state index < -0.39 is 0 Å². The van der Waals surface area contributed by atoms with E-state index in [4.69, 9.17) is 0 Å². The number of nitrogens with zero attached hydrogens (tertiary/aromatic N) is 2. The van der Waals surface area contributed by atoms with E-state index in [9.17, 15) is 5.11 Å². The molecule has 0 amide bonds. The Morgan fingerprint density at radius 3 is 2.76 bits per heavy atom. The number of fused-ring (bicyclic) bond motifs is 1. The largest absolute Gasteiger partial charge is 0.858 e. The number of anilines is 1. The molecule has 2 aliphatic heterocycles. The summed E-state index contributed by atoms with van der Waals surface area (Å²) in [5.41, 5.74) is 3.30. The van der Waals surface area contributed by atoms with Gasteiger partial charge in [-0.15, -0.1) is 0 Å². The second kappa shape index (κ2) is 4.40. The van der Waals surface area contributed by atoms with E-state index in [0.717, 1.165) is 25.1 Å². The van der Waals surface area contributed by atoms with Crippen molar-refractivity contribution in [2.75, 3.05) is 24.5 Å². The van der Waals surface area contributed by atoms with Gasteiger partial charge in [-0.2, -0.15) is 0 Å². The lowest BCUT2D eigenvalue weighted by Crippen LogP contribution is -2.32. The number of aliphatic imine (C=N–C) groups is 1. The molecular formula is C14H17N2O-. The minimum atomic E-state index is -0.0369. The van der Waals surface area contributed by atoms with Gasteiger partial charge in [0.2, 0.25) is 0 Å². The molecular weight excluding hydrogens is 212 g/mol. The highest BCUT2D eigenvalue weighted by atomic mass is 16.3. The first-order chi connectivity index (χ1) is 8.36. The molecule has 0 saturated carbocycles. The van der Waals surface area contributed by atoms with Crippen LogP contribution in [-0.4, -0.2) is 25.5 Å². The summed E-state index contributed by atoms with van der Waals surface area (Å²) in [5, 5.41) is 11.7. The zero-order chi connectivity index (χ0) is 11.7. The van der Waals surface area contributed by atoms with Gasteiger partial charge in [0.1, 0.15) is 0 Å². The monoisotopic (exact) mass is 229 g/mol. The van der Waals surface area contributed by atoms with Crippen molar-refractivity contribution in [3.8, 4) is 0 Å². The molecule has 3 heteroatoms. The number of benzene rings is 1. The topological polar surface area (TPSA) is 38.7 Å². The van der Waals surface area contributed by atoms with Gasteiger partial charge in [-0.25, -0.2) is 0 Å². The highest BCUT2D eigenvalue weighted by Gasteiger charge is 2.18. The van der Waals surface area contributed by atoms with Crippen LogP contribution >= 0.6 is 0 Å². The lowest BCUT2D eigenvalue weighted by Gasteiger charge is -2.33. The van der Waals surface area contributed by atoms with Gasteiger partial charge in [-0.1, -0.05) is 12.1 Å². The molecule has 0 aliphatic carbocycles. The Morgan fingerprint density at radius 1 is 1.12 bits per heavy atom. The summed E-state index contributed by atoms with van der Waals surface area (Å²) in [7, 11) is 0. The first kappa shape index (κ1) is 10.6. The summed E-state index contributed by atoms with van der Waals surface area (Å²) < 4.78 is 0. The summed E-state index contributed by atoms with van der Waals surface area (Å²) in [5.74, 6) is -0.0369. The van der Waals surface area contributed by atoms with E-state index in [-0.39, 0.29) is 5.90 Å². The molecule has 1 aromatic rings. The molecule has 3 nitrogen and oxygen atoms in total. The first-order valence-corrected chi connectivity index (χ1v) is 6.45. The maximum absolute atomic E-state index is 11.7. The van der Waals surface area contributed by atoms with Crippen LogP contribution in [0.15, 0.2) is 23.2 Å². The van der Waals surface area contributed by atoms with E-state index in [1.807, 2.05) is 12.1 Å². The Hall–Kier alpha value is -1.51. The molecule has 0 unspecified atom stereocenters. The number of piperidine rings is 1. The molecule has 0 spiro atoms. The quantitative estimate of drug-likeness (QED) is 0.729. The van der Waals surface area contributed by atoms with Crippen LogP contribution in [0, 0.1) is 0 Å². The summed E-state index contributed by atoms with van der Waals surface area (Å²) >= 11 is 0. The molecule has 3 rings (SSSR count). The lowest BCUT2D eigenvalue weighted by molar-refractivity contribution is -0.213. The second-order valence-corrected chi connectivity index (χ2v) is 4.79. The van der Waals surface area contributed by atoms with E-state index in [2.05, 4.69) is 16.0 Å². The molecule has 0 radical (unpaired) electrons. The van der Waals surface area contributed by atoms with E-state index in [1.54, 1.807) is 0 Å². The van der Waals surface area contributed by atoms with Crippen LogP contribution in [-0.2, 0) is 6.42 Å². The van der Waals surface area contributed by atoms with Crippen LogP contribution in [0.3, 0.4) is 0 Å². The summed E-state index contributed by atoms with van der Waals surface area (Å²) in [4.78, 5) is 6.43. The Kier molecular flexibility index (Phi) is 2.75. The molecule has 2 aliphatic rings. The van der Waals surface area contributed by atoms with Crippen molar-refractivity contribution in [2.24, 2.45) is 4.99 Å². The maximum atomic E-state index is 11.7. The fraction of sp³-hybridized carbons (Fsp3) is 0.500. The molecule has 0 atom stereocenters. The first-order valence-electron chi connectivity index (χ1n) is 6.45. The third kappa shape index (κ3) is 1.90. The summed E-state index contributed by atoms with van der Waals surface area (Å²) in [6, 6.07) is 6.05. The van der Waals surface area contributed by atoms with Gasteiger partial charge in [0, 0.05) is 25.3 Å². The Labute approximate surface area is 102 Å². The van der Waals surface area contributed by atoms with Crippen molar-refractivity contribution in [2.45, 2.75) is 25.7 Å². The fourth-order valence-electron chi connectivity index (χ4n) is 2.82. The van der Waals surface area contributed by atoms with Crippen LogP contribution in [0.25, 0.3) is 0 Å². The number of hydrogen-bond acceptors (Lipinski definition) is 3. The summed E-state index contributed by atoms with van der Waals surface area (Å²) in [6.45, 7) is 2.90. The molecule has 0 N–H and O–H groups in total. The smallest absolute Gasteiger partial charge is 0.0423 e. The minimum absolute atomic E-state index is 0.0369. The predicted octanol–water partition coefficient (Wildman–Crippen LogP) is 1.34. The van der Waals surface area contributed by atoms with Crippen LogP contribution in [0.4, 0.5) is 5.69 Å². The molecule has 2 heterocycles. The van der Waals surface area contributed by atoms with Crippen molar-refractivity contribution < 1.29 is 5.11 Å². The SMILES string of the molecule is [O-]C1=NCCc2c1cccc2N1CCCCC1. The third-order valence-electron chi connectivity index (χ3n) is 3.70. The second-order valence-electron chi connectivity index (χ2n) is 4.79. The van der Waals surface area contributed by atoms with Crippen LogP contribution in [0.5, 0.6) is 0 Å². The molecule has 0 bridgehead atoms. The van der Waals surface area contributed by atoms with Gasteiger partial charge in [0.15, 0.2) is 0 Å². The van der Waals surface area contributed by atoms with Gasteiger partial charge in [-0.05, 0) is 48.8 Å². The van der Waals surface area contributed by atoms with E-state index in [0.29, 0.717) is 6.54 Å². The van der Waals surface area contributed by atoms with Crippen LogP contribution < -0.4 is 10.0 Å². The molecule has 0 aromatic heterocycles. The number of rotatable bonds is 1. The van der Waals surface area contributed by atoms with Gasteiger partial charge >= 0.3 is 0 Å². The van der Waals surface area contributed by atoms with Crippen molar-refractivity contribution in [1.29, 1.82) is 0 Å². The maximum Gasteiger partial charge on any atom is 0.0423 e. The van der Waals surface area contributed by atoms with Crippen molar-refractivity contribution in [1.82, 2.24) is 0 Å². The van der Waals surface area contributed by atoms with Gasteiger partial charge in [0.25, 0.3) is 0 Å². The van der Waals surface area contributed by atoms with Crippen molar-refractivity contribution in [3.63, 3.8) is 0 Å². The normalized spacial score (nSPS) is 19.8. The van der Waals surface area contributed by atoms with Gasteiger partial charge in [0.05, 0.1) is 0 Å². The Morgan fingerprint density at radius 2 is 1.94 bits per heavy atom. The average molecular weight is 229 g/mol. The highest BCUT2D eigenvalue weighted by molar-refractivity contribution is 5.95. The number of hydrogen-bond donors (Lipinski definition) is 0. The van der Waals surface area contributed by atoms with E-state index >= 15 is 0 Å². The Bertz CT molecular complexity index is 448. The van der Waals surface area contributed by atoms with Crippen molar-refractivity contribution in [3.05, 3.63) is 29.3 Å². The molecule has 1 fully saturated rings. The fourth-order valence-corrected chi connectivity index (χ4v) is 2.82. The molecule has 1 aromatic carbocycles. The Balaban J connectivity index is 2.00. The highest BCUT2D eigenvalue weighted by Crippen LogP contribution is 2.28. The minimum Gasteiger partial charge on any atom is -0.858 e. The van der Waals surface area contributed by atoms with Crippen LogP contribution in [0.2, 0.25) is 0 Å². The molecule has 17 heavy (non-hydrogen) atoms. The molecule has 1 saturated heterocycles. The summed E-state index contributed by atoms with van der Waals surface area (Å²) in [6.07, 6.45) is 4.78. The lowest BCUT2D eigenvalue weighted by atomic mass is 9.98. The van der Waals surface area contributed by atoms with E-state index in [1.165, 1.54) is 30.5 Å². The molecule has 90 valence electrons. The average Bonchev–Trinajstić information content (AvgIpc) is 2.40. The van der Waals surface area contributed by atoms with Crippen LogP contribution in [0.1, 0.15) is 30.4 Å². The third-order valence-corrected chi connectivity index (χ3v) is 3.70. The zero-order valence-electron chi connectivity index (χ0n) is 9.98.